The lowest BCUT2D eigenvalue weighted by molar-refractivity contribution is 0.0630. The Morgan fingerprint density at radius 2 is 1.82 bits per heavy atom. The smallest absolute Gasteiger partial charge is 0.260 e. The largest absolute Gasteiger partial charge is 0.335 e. The summed E-state index contributed by atoms with van der Waals surface area (Å²) in [5, 5.41) is 0. The van der Waals surface area contributed by atoms with Crippen LogP contribution in [-0.2, 0) is 0 Å². The van der Waals surface area contributed by atoms with Gasteiger partial charge in [-0.2, -0.15) is 0 Å². The highest BCUT2D eigenvalue weighted by molar-refractivity contribution is 5.95. The second-order valence-electron chi connectivity index (χ2n) is 4.48. The molecule has 1 rings (SSSR count). The van der Waals surface area contributed by atoms with Gasteiger partial charge in [0.15, 0.2) is 0 Å². The molecule has 3 nitrogen and oxygen atoms in total. The number of nitrogens with two attached hydrogens (primary N) is 1. The third-order valence-electron chi connectivity index (χ3n) is 2.89. The molecule has 94 valence electrons. The van der Waals surface area contributed by atoms with Gasteiger partial charge in [0.25, 0.3) is 5.91 Å². The molecule has 0 aliphatic heterocycles. The second kappa shape index (κ2) is 4.79. The number of rotatable bonds is 3. The summed E-state index contributed by atoms with van der Waals surface area (Å²) < 4.78 is 26.9. The zero-order valence-electron chi connectivity index (χ0n) is 10.1. The summed E-state index contributed by atoms with van der Waals surface area (Å²) in [6, 6.07) is 3.33. The minimum atomic E-state index is -0.866. The predicted octanol–water partition coefficient (Wildman–Crippen LogP) is 1.77. The molecule has 1 amide bonds. The van der Waals surface area contributed by atoms with Crippen molar-refractivity contribution in [3.05, 3.63) is 35.4 Å². The lowest BCUT2D eigenvalue weighted by Crippen LogP contribution is -2.50. The van der Waals surface area contributed by atoms with Gasteiger partial charge in [-0.05, 0) is 26.0 Å². The summed E-state index contributed by atoms with van der Waals surface area (Å²) >= 11 is 0. The topological polar surface area (TPSA) is 46.3 Å². The van der Waals surface area contributed by atoms with Gasteiger partial charge in [0, 0.05) is 19.1 Å². The number of benzene rings is 1. The summed E-state index contributed by atoms with van der Waals surface area (Å²) in [5.41, 5.74) is 4.31. The Morgan fingerprint density at radius 1 is 1.35 bits per heavy atom. The zero-order valence-corrected chi connectivity index (χ0v) is 10.1. The van der Waals surface area contributed by atoms with E-state index in [1.807, 2.05) is 0 Å². The van der Waals surface area contributed by atoms with Crippen LogP contribution in [0, 0.1) is 11.6 Å². The molecule has 1 aromatic rings. The van der Waals surface area contributed by atoms with Crippen LogP contribution < -0.4 is 5.73 Å². The monoisotopic (exact) mass is 242 g/mol. The molecule has 0 aliphatic carbocycles. The third kappa shape index (κ3) is 2.61. The van der Waals surface area contributed by atoms with Gasteiger partial charge in [-0.1, -0.05) is 6.07 Å². The Morgan fingerprint density at radius 3 is 2.24 bits per heavy atom. The first-order valence-corrected chi connectivity index (χ1v) is 5.23. The van der Waals surface area contributed by atoms with Gasteiger partial charge in [0.2, 0.25) is 0 Å². The fourth-order valence-corrected chi connectivity index (χ4v) is 1.28. The summed E-state index contributed by atoms with van der Waals surface area (Å²) in [4.78, 5) is 13.2. The van der Waals surface area contributed by atoms with E-state index in [-0.39, 0.29) is 6.54 Å². The molecule has 17 heavy (non-hydrogen) atoms. The van der Waals surface area contributed by atoms with E-state index in [0.29, 0.717) is 0 Å². The van der Waals surface area contributed by atoms with Crippen LogP contribution in [0.5, 0.6) is 0 Å². The summed E-state index contributed by atoms with van der Waals surface area (Å²) in [7, 11) is 1.47. The number of amides is 1. The average molecular weight is 242 g/mol. The van der Waals surface area contributed by atoms with Crippen molar-refractivity contribution in [3.8, 4) is 0 Å². The highest BCUT2D eigenvalue weighted by Gasteiger charge is 2.30. The molecule has 0 saturated carbocycles. The Kier molecular flexibility index (Phi) is 3.83. The van der Waals surface area contributed by atoms with Gasteiger partial charge < -0.3 is 10.6 Å². The Hall–Kier alpha value is -1.49. The Balaban J connectivity index is 3.14. The van der Waals surface area contributed by atoms with Crippen LogP contribution in [0.2, 0.25) is 0 Å². The van der Waals surface area contributed by atoms with Crippen molar-refractivity contribution in [3.63, 3.8) is 0 Å². The maximum absolute atomic E-state index is 13.4. The van der Waals surface area contributed by atoms with E-state index >= 15 is 0 Å². The molecule has 0 aliphatic rings. The fraction of sp³-hybridized carbons (Fsp3) is 0.417. The maximum atomic E-state index is 13.4. The average Bonchev–Trinajstić information content (AvgIpc) is 2.27. The van der Waals surface area contributed by atoms with Crippen molar-refractivity contribution >= 4 is 5.91 Å². The molecule has 0 unspecified atom stereocenters. The normalized spacial score (nSPS) is 11.4. The Bertz CT molecular complexity index is 412. The first-order valence-electron chi connectivity index (χ1n) is 5.23. The quantitative estimate of drug-likeness (QED) is 0.878. The molecular weight excluding hydrogens is 226 g/mol. The number of hydrogen-bond acceptors (Lipinski definition) is 2. The number of nitrogens with zero attached hydrogens (tertiary/aromatic N) is 1. The molecule has 0 spiro atoms. The van der Waals surface area contributed by atoms with E-state index < -0.39 is 28.6 Å². The van der Waals surface area contributed by atoms with Crippen LogP contribution in [-0.4, -0.2) is 29.9 Å². The van der Waals surface area contributed by atoms with E-state index in [2.05, 4.69) is 0 Å². The number of carbonyl (C=O) groups is 1. The van der Waals surface area contributed by atoms with E-state index in [4.69, 9.17) is 5.73 Å². The summed E-state index contributed by atoms with van der Waals surface area (Å²) in [6.07, 6.45) is 0. The molecule has 0 atom stereocenters. The van der Waals surface area contributed by atoms with E-state index in [1.54, 1.807) is 13.8 Å². The molecule has 5 heteroatoms. The van der Waals surface area contributed by atoms with Gasteiger partial charge in [0.1, 0.15) is 17.2 Å². The first-order chi connectivity index (χ1) is 7.81. The molecule has 0 heterocycles. The number of hydrogen-bond donors (Lipinski definition) is 1. The SMILES string of the molecule is CN(C(=O)c1c(F)cccc1F)C(C)(C)CN. The van der Waals surface area contributed by atoms with Gasteiger partial charge in [-0.25, -0.2) is 8.78 Å². The number of likely N-dealkylation sites (N-methyl/N-ethyl adjacent to an activating group) is 1. The molecule has 0 fully saturated rings. The lowest BCUT2D eigenvalue weighted by Gasteiger charge is -2.34. The standard InChI is InChI=1S/C12H16F2N2O/c1-12(2,7-15)16(3)11(17)10-8(13)5-4-6-9(10)14/h4-6H,7,15H2,1-3H3. The molecule has 1 aromatic carbocycles. The fourth-order valence-electron chi connectivity index (χ4n) is 1.28. The predicted molar refractivity (Wildman–Crippen MR) is 61.6 cm³/mol. The van der Waals surface area contributed by atoms with Crippen LogP contribution >= 0.6 is 0 Å². The highest BCUT2D eigenvalue weighted by atomic mass is 19.1. The van der Waals surface area contributed by atoms with E-state index in [0.717, 1.165) is 12.1 Å². The van der Waals surface area contributed by atoms with Crippen molar-refractivity contribution in [1.82, 2.24) is 4.90 Å². The molecule has 0 aromatic heterocycles. The molecular formula is C12H16F2N2O. The minimum Gasteiger partial charge on any atom is -0.335 e. The molecule has 2 N–H and O–H groups in total. The van der Waals surface area contributed by atoms with Crippen molar-refractivity contribution in [2.75, 3.05) is 13.6 Å². The van der Waals surface area contributed by atoms with Gasteiger partial charge >= 0.3 is 0 Å². The third-order valence-corrected chi connectivity index (χ3v) is 2.89. The first kappa shape index (κ1) is 13.6. The maximum Gasteiger partial charge on any atom is 0.260 e. The van der Waals surface area contributed by atoms with E-state index in [1.165, 1.54) is 18.0 Å². The Labute approximate surface area is 99.2 Å². The van der Waals surface area contributed by atoms with E-state index in [9.17, 15) is 13.6 Å². The van der Waals surface area contributed by atoms with Crippen molar-refractivity contribution in [2.24, 2.45) is 5.73 Å². The van der Waals surface area contributed by atoms with Gasteiger partial charge in [0.05, 0.1) is 0 Å². The van der Waals surface area contributed by atoms with Crippen LogP contribution in [0.25, 0.3) is 0 Å². The highest BCUT2D eigenvalue weighted by Crippen LogP contribution is 2.19. The van der Waals surface area contributed by atoms with Crippen molar-refractivity contribution in [2.45, 2.75) is 19.4 Å². The summed E-state index contributed by atoms with van der Waals surface area (Å²) in [6.45, 7) is 3.65. The summed E-state index contributed by atoms with van der Waals surface area (Å²) in [5.74, 6) is -2.44. The van der Waals surface area contributed by atoms with Crippen LogP contribution in [0.3, 0.4) is 0 Å². The van der Waals surface area contributed by atoms with Crippen LogP contribution in [0.15, 0.2) is 18.2 Å². The van der Waals surface area contributed by atoms with Gasteiger partial charge in [-0.3, -0.25) is 4.79 Å². The molecule has 0 bridgehead atoms. The zero-order chi connectivity index (χ0) is 13.2. The van der Waals surface area contributed by atoms with Gasteiger partial charge in [-0.15, -0.1) is 0 Å². The molecule has 0 saturated heterocycles. The van der Waals surface area contributed by atoms with Crippen molar-refractivity contribution in [1.29, 1.82) is 0 Å². The van der Waals surface area contributed by atoms with Crippen LogP contribution in [0.4, 0.5) is 8.78 Å². The number of carbonyl (C=O) groups excluding carboxylic acids is 1. The second-order valence-corrected chi connectivity index (χ2v) is 4.48. The molecule has 0 radical (unpaired) electrons. The minimum absolute atomic E-state index is 0.200. The van der Waals surface area contributed by atoms with Crippen LogP contribution in [0.1, 0.15) is 24.2 Å². The number of halogens is 2. The lowest BCUT2D eigenvalue weighted by atomic mass is 10.0. The van der Waals surface area contributed by atoms with Crippen molar-refractivity contribution < 1.29 is 13.6 Å².